The average Bonchev–Trinajstić information content (AvgIpc) is 3.35. The molecule has 0 aliphatic heterocycles. The summed E-state index contributed by atoms with van der Waals surface area (Å²) >= 11 is 2.39. The van der Waals surface area contributed by atoms with Gasteiger partial charge in [0.15, 0.2) is 0 Å². The van der Waals surface area contributed by atoms with Crippen LogP contribution in [0.4, 0.5) is 0 Å². The molecule has 0 fully saturated rings. The van der Waals surface area contributed by atoms with E-state index in [0.29, 0.717) is 5.71 Å². The van der Waals surface area contributed by atoms with Crippen molar-refractivity contribution in [3.8, 4) is 33.5 Å². The van der Waals surface area contributed by atoms with Crippen molar-refractivity contribution in [2.75, 3.05) is 0 Å². The van der Waals surface area contributed by atoms with E-state index in [4.69, 9.17) is 14.4 Å². The molecule has 4 aromatic heterocycles. The molecule has 4 nitrogen and oxygen atoms in total. The first-order valence-corrected chi connectivity index (χ1v) is 13.6. The average molecular weight is 589 g/mol. The first-order valence-electron chi connectivity index (χ1n) is 12.0. The van der Waals surface area contributed by atoms with Crippen molar-refractivity contribution in [2.24, 2.45) is 0 Å². The van der Waals surface area contributed by atoms with E-state index in [0.717, 1.165) is 54.1 Å². The number of halogens is 1. The van der Waals surface area contributed by atoms with Gasteiger partial charge in [-0.2, -0.15) is 0 Å². The molecule has 0 aliphatic carbocycles. The van der Waals surface area contributed by atoms with Crippen LogP contribution in [0.1, 0.15) is 5.56 Å². The molecule has 0 spiro atoms. The fourth-order valence-corrected chi connectivity index (χ4v) is 5.26. The van der Waals surface area contributed by atoms with Gasteiger partial charge in [0.25, 0.3) is 0 Å². The number of hydrogen-bond donors (Lipinski definition) is 0. The maximum absolute atomic E-state index is 5.86. The summed E-state index contributed by atoms with van der Waals surface area (Å²) in [6.45, 7) is 0. The maximum atomic E-state index is 5.86. The number of nitrogens with zero attached hydrogens (tertiary/aromatic N) is 3. The number of benzene rings is 3. The van der Waals surface area contributed by atoms with Crippen molar-refractivity contribution in [3.05, 3.63) is 115 Å². The van der Waals surface area contributed by atoms with Crippen LogP contribution in [0.15, 0.2) is 114 Å². The third-order valence-corrected chi connectivity index (χ3v) is 7.65. The molecule has 0 aliphatic rings. The zero-order valence-corrected chi connectivity index (χ0v) is 21.9. The van der Waals surface area contributed by atoms with Gasteiger partial charge in [0.05, 0.1) is 11.2 Å². The third kappa shape index (κ3) is 4.05. The Kier molecular flexibility index (Phi) is 5.43. The molecule has 0 atom stereocenters. The molecule has 0 saturated heterocycles. The van der Waals surface area contributed by atoms with Crippen molar-refractivity contribution in [2.45, 2.75) is 4.43 Å². The minimum absolute atomic E-state index is 0.656. The number of furan rings is 1. The van der Waals surface area contributed by atoms with Crippen LogP contribution < -0.4 is 0 Å². The minimum Gasteiger partial charge on any atom is -0.438 e. The zero-order valence-electron chi connectivity index (χ0n) is 19.7. The number of hydrogen-bond acceptors (Lipinski definition) is 4. The second-order valence-electron chi connectivity index (χ2n) is 9.06. The number of aromatic nitrogens is 3. The van der Waals surface area contributed by atoms with E-state index in [1.54, 1.807) is 6.20 Å². The molecule has 0 radical (unpaired) electrons. The summed E-state index contributed by atoms with van der Waals surface area (Å²) in [6, 6.07) is 31.7. The Balaban J connectivity index is 1.19. The van der Waals surface area contributed by atoms with E-state index in [1.807, 2.05) is 36.7 Å². The molecule has 5 heteroatoms. The highest BCUT2D eigenvalue weighted by Gasteiger charge is 2.10. The predicted molar refractivity (Wildman–Crippen MR) is 159 cm³/mol. The molecular formula is C32H20IN3O. The van der Waals surface area contributed by atoms with Gasteiger partial charge in [-0.25, -0.2) is 4.98 Å². The fraction of sp³-hybridized carbons (Fsp3) is 0.0312. The van der Waals surface area contributed by atoms with Gasteiger partial charge in [-0.1, -0.05) is 65.1 Å². The fourth-order valence-electron chi connectivity index (χ4n) is 4.75. The van der Waals surface area contributed by atoms with E-state index < -0.39 is 0 Å². The minimum atomic E-state index is 0.656. The lowest BCUT2D eigenvalue weighted by Gasteiger charge is -2.08. The Hall–Kier alpha value is -4.10. The molecule has 37 heavy (non-hydrogen) atoms. The lowest BCUT2D eigenvalue weighted by Crippen LogP contribution is -1.88. The number of fused-ring (bicyclic) bond motifs is 4. The van der Waals surface area contributed by atoms with Crippen LogP contribution in [-0.2, 0) is 4.43 Å². The van der Waals surface area contributed by atoms with Gasteiger partial charge in [-0.05, 0) is 65.2 Å². The molecule has 176 valence electrons. The summed E-state index contributed by atoms with van der Waals surface area (Å²) in [4.78, 5) is 13.9. The van der Waals surface area contributed by atoms with Crippen molar-refractivity contribution >= 4 is 55.6 Å². The SMILES string of the molecule is ICc1ccc(-c2ccc3cc(-c4ccc(-c5ccc6oc7ncccc7c6c5)nc4)cnc3c2)cc1. The van der Waals surface area contributed by atoms with Crippen molar-refractivity contribution in [3.63, 3.8) is 0 Å². The van der Waals surface area contributed by atoms with Gasteiger partial charge in [-0.3, -0.25) is 9.97 Å². The summed E-state index contributed by atoms with van der Waals surface area (Å²) in [5, 5.41) is 3.17. The van der Waals surface area contributed by atoms with E-state index in [1.165, 1.54) is 16.7 Å². The lowest BCUT2D eigenvalue weighted by atomic mass is 10.0. The largest absolute Gasteiger partial charge is 0.438 e. The third-order valence-electron chi connectivity index (χ3n) is 6.77. The quantitative estimate of drug-likeness (QED) is 0.152. The lowest BCUT2D eigenvalue weighted by molar-refractivity contribution is 0.654. The summed E-state index contributed by atoms with van der Waals surface area (Å²) in [7, 11) is 0. The summed E-state index contributed by atoms with van der Waals surface area (Å²) in [6.07, 6.45) is 5.59. The highest BCUT2D eigenvalue weighted by Crippen LogP contribution is 2.32. The monoisotopic (exact) mass is 589 g/mol. The molecule has 3 aromatic carbocycles. The van der Waals surface area contributed by atoms with Crippen molar-refractivity contribution < 1.29 is 4.42 Å². The van der Waals surface area contributed by atoms with Crippen LogP contribution in [0.5, 0.6) is 0 Å². The Morgan fingerprint density at radius 2 is 1.43 bits per heavy atom. The van der Waals surface area contributed by atoms with Crippen LogP contribution in [0.3, 0.4) is 0 Å². The van der Waals surface area contributed by atoms with Gasteiger partial charge in [0, 0.05) is 55.9 Å². The van der Waals surface area contributed by atoms with Crippen molar-refractivity contribution in [1.29, 1.82) is 0 Å². The zero-order chi connectivity index (χ0) is 24.8. The first-order chi connectivity index (χ1) is 18.2. The van der Waals surface area contributed by atoms with Crippen molar-refractivity contribution in [1.82, 2.24) is 15.0 Å². The first kappa shape index (κ1) is 22.1. The van der Waals surface area contributed by atoms with Crippen LogP contribution in [0.2, 0.25) is 0 Å². The van der Waals surface area contributed by atoms with E-state index in [2.05, 4.69) is 94.3 Å². The van der Waals surface area contributed by atoms with Crippen LogP contribution >= 0.6 is 22.6 Å². The molecule has 0 unspecified atom stereocenters. The summed E-state index contributed by atoms with van der Waals surface area (Å²) in [5.74, 6) is 0. The van der Waals surface area contributed by atoms with Crippen LogP contribution in [0, 0.1) is 0 Å². The highest BCUT2D eigenvalue weighted by molar-refractivity contribution is 14.1. The normalized spacial score (nSPS) is 11.5. The maximum Gasteiger partial charge on any atom is 0.227 e. The van der Waals surface area contributed by atoms with E-state index in [9.17, 15) is 0 Å². The predicted octanol–water partition coefficient (Wildman–Crippen LogP) is 8.86. The van der Waals surface area contributed by atoms with Gasteiger partial charge in [0.1, 0.15) is 5.58 Å². The molecule has 0 saturated carbocycles. The Morgan fingerprint density at radius 3 is 2.27 bits per heavy atom. The van der Waals surface area contributed by atoms with Gasteiger partial charge in [-0.15, -0.1) is 0 Å². The summed E-state index contributed by atoms with van der Waals surface area (Å²) in [5.41, 5.74) is 10.2. The molecular weight excluding hydrogens is 569 g/mol. The topological polar surface area (TPSA) is 51.8 Å². The summed E-state index contributed by atoms with van der Waals surface area (Å²) < 4.78 is 6.88. The molecule has 7 aromatic rings. The van der Waals surface area contributed by atoms with Gasteiger partial charge in [0.2, 0.25) is 5.71 Å². The Bertz CT molecular complexity index is 1910. The van der Waals surface area contributed by atoms with Crippen LogP contribution in [-0.4, -0.2) is 15.0 Å². The van der Waals surface area contributed by atoms with Crippen LogP contribution in [0.25, 0.3) is 66.5 Å². The van der Waals surface area contributed by atoms with Gasteiger partial charge >= 0.3 is 0 Å². The smallest absolute Gasteiger partial charge is 0.227 e. The molecule has 7 rings (SSSR count). The molecule has 0 N–H and O–H groups in total. The second-order valence-corrected chi connectivity index (χ2v) is 9.83. The Labute approximate surface area is 227 Å². The van der Waals surface area contributed by atoms with E-state index in [-0.39, 0.29) is 0 Å². The number of pyridine rings is 3. The molecule has 4 heterocycles. The second kappa shape index (κ2) is 9.09. The van der Waals surface area contributed by atoms with Gasteiger partial charge < -0.3 is 4.42 Å². The Morgan fingerprint density at radius 1 is 0.622 bits per heavy atom. The highest BCUT2D eigenvalue weighted by atomic mass is 127. The number of rotatable bonds is 4. The molecule has 0 bridgehead atoms. The molecule has 0 amide bonds. The van der Waals surface area contributed by atoms with E-state index >= 15 is 0 Å². The number of alkyl halides is 1. The standard InChI is InChI=1S/C32H20IN3O/c33-17-20-3-5-21(6-4-20)22-7-8-23-14-26(19-36-30(23)16-22)25-9-11-29(35-18-25)24-10-12-31-28(15-24)27-2-1-13-34-32(27)37-31/h1-16,18-19H,17H2.